The van der Waals surface area contributed by atoms with Crippen molar-refractivity contribution in [3.63, 3.8) is 0 Å². The van der Waals surface area contributed by atoms with Crippen LogP contribution in [-0.2, 0) is 11.2 Å². The van der Waals surface area contributed by atoms with Crippen LogP contribution in [0.1, 0.15) is 24.2 Å². The van der Waals surface area contributed by atoms with E-state index in [1.807, 2.05) is 18.2 Å². The highest BCUT2D eigenvalue weighted by Crippen LogP contribution is 2.26. The first kappa shape index (κ1) is 18.6. The molecule has 3 aromatic rings. The van der Waals surface area contributed by atoms with Crippen molar-refractivity contribution < 1.29 is 9.18 Å². The predicted molar refractivity (Wildman–Crippen MR) is 109 cm³/mol. The molecular formula is C21H21FN4OS. The second-order valence-electron chi connectivity index (χ2n) is 6.89. The molecule has 144 valence electrons. The average Bonchev–Trinajstić information content (AvgIpc) is 3.19. The maximum atomic E-state index is 13.7. The van der Waals surface area contributed by atoms with Gasteiger partial charge in [0, 0.05) is 37.0 Å². The summed E-state index contributed by atoms with van der Waals surface area (Å²) >= 11 is 1.40. The topological polar surface area (TPSA) is 58.1 Å². The molecule has 1 saturated heterocycles. The molecule has 0 radical (unpaired) electrons. The van der Waals surface area contributed by atoms with Crippen molar-refractivity contribution in [3.05, 3.63) is 71.8 Å². The molecule has 1 aliphatic rings. The molecule has 0 spiro atoms. The van der Waals surface area contributed by atoms with Gasteiger partial charge in [0.05, 0.1) is 5.69 Å². The van der Waals surface area contributed by atoms with Crippen molar-refractivity contribution in [2.75, 3.05) is 23.3 Å². The highest BCUT2D eigenvalue weighted by atomic mass is 32.1. The number of para-hydroxylation sites is 1. The molecule has 4 rings (SSSR count). The number of carbonyl (C=O) groups is 1. The van der Waals surface area contributed by atoms with E-state index in [1.165, 1.54) is 23.2 Å². The molecule has 0 atom stereocenters. The summed E-state index contributed by atoms with van der Waals surface area (Å²) in [5.41, 5.74) is 1.43. The molecule has 1 N–H and O–H groups in total. The number of rotatable bonds is 5. The van der Waals surface area contributed by atoms with E-state index in [0.29, 0.717) is 12.8 Å². The third-order valence-corrected chi connectivity index (χ3v) is 5.75. The van der Waals surface area contributed by atoms with Crippen molar-refractivity contribution in [1.82, 2.24) is 9.36 Å². The van der Waals surface area contributed by atoms with Crippen molar-refractivity contribution in [1.29, 1.82) is 0 Å². The molecule has 0 bridgehead atoms. The fourth-order valence-corrected chi connectivity index (χ4v) is 4.09. The Bertz CT molecular complexity index is 938. The van der Waals surface area contributed by atoms with Crippen LogP contribution in [0.25, 0.3) is 0 Å². The lowest BCUT2D eigenvalue weighted by Crippen LogP contribution is -2.38. The molecule has 2 heterocycles. The molecule has 0 saturated carbocycles. The predicted octanol–water partition coefficient (Wildman–Crippen LogP) is 4.12. The Hall–Kier alpha value is -2.80. The number of amides is 1. The minimum absolute atomic E-state index is 0.118. The first-order valence-corrected chi connectivity index (χ1v) is 10.1. The van der Waals surface area contributed by atoms with Crippen LogP contribution >= 0.6 is 11.5 Å². The zero-order valence-corrected chi connectivity index (χ0v) is 16.2. The number of hydrogen-bond donors (Lipinski definition) is 1. The van der Waals surface area contributed by atoms with Gasteiger partial charge in [0.1, 0.15) is 11.6 Å². The minimum atomic E-state index is -0.409. The van der Waals surface area contributed by atoms with Crippen LogP contribution in [0.15, 0.2) is 54.6 Å². The average molecular weight is 396 g/mol. The quantitative estimate of drug-likeness (QED) is 0.705. The Morgan fingerprint density at radius 1 is 1.11 bits per heavy atom. The summed E-state index contributed by atoms with van der Waals surface area (Å²) in [7, 11) is 0. The Balaban J connectivity index is 1.32. The summed E-state index contributed by atoms with van der Waals surface area (Å²) in [5, 5.41) is 3.61. The largest absolute Gasteiger partial charge is 0.347 e. The molecule has 1 aromatic heterocycles. The summed E-state index contributed by atoms with van der Waals surface area (Å²) in [4.78, 5) is 19.3. The van der Waals surface area contributed by atoms with Crippen LogP contribution in [0.4, 0.5) is 15.2 Å². The molecule has 1 amide bonds. The van der Waals surface area contributed by atoms with Crippen LogP contribution < -0.4 is 10.2 Å². The van der Waals surface area contributed by atoms with Gasteiger partial charge >= 0.3 is 0 Å². The van der Waals surface area contributed by atoms with E-state index >= 15 is 0 Å². The van der Waals surface area contributed by atoms with Crippen molar-refractivity contribution in [2.45, 2.75) is 19.3 Å². The number of piperidine rings is 1. The van der Waals surface area contributed by atoms with Gasteiger partial charge in [-0.3, -0.25) is 4.79 Å². The number of nitrogens with zero attached hydrogens (tertiary/aromatic N) is 3. The number of anilines is 2. The normalized spacial score (nSPS) is 14.8. The van der Waals surface area contributed by atoms with Gasteiger partial charge < -0.3 is 10.2 Å². The van der Waals surface area contributed by atoms with Gasteiger partial charge in [-0.15, -0.1) is 0 Å². The number of carbonyl (C=O) groups excluding carboxylic acids is 1. The van der Waals surface area contributed by atoms with Crippen LogP contribution in [0.3, 0.4) is 0 Å². The highest BCUT2D eigenvalue weighted by molar-refractivity contribution is 7.09. The fraction of sp³-hybridized carbons (Fsp3) is 0.286. The van der Waals surface area contributed by atoms with Crippen molar-refractivity contribution in [3.8, 4) is 0 Å². The van der Waals surface area contributed by atoms with Gasteiger partial charge in [-0.05, 0) is 30.5 Å². The first-order valence-electron chi connectivity index (χ1n) is 9.36. The smallest absolute Gasteiger partial charge is 0.227 e. The Morgan fingerprint density at radius 3 is 2.57 bits per heavy atom. The van der Waals surface area contributed by atoms with Crippen LogP contribution in [-0.4, -0.2) is 28.4 Å². The van der Waals surface area contributed by atoms with Crippen molar-refractivity contribution >= 4 is 28.3 Å². The molecule has 28 heavy (non-hydrogen) atoms. The highest BCUT2D eigenvalue weighted by Gasteiger charge is 2.27. The van der Waals surface area contributed by atoms with Crippen LogP contribution in [0.5, 0.6) is 0 Å². The molecular weight excluding hydrogens is 375 g/mol. The molecule has 1 fully saturated rings. The third kappa shape index (κ3) is 4.36. The molecule has 0 unspecified atom stereocenters. The molecule has 7 heteroatoms. The second-order valence-corrected chi connectivity index (χ2v) is 7.62. The summed E-state index contributed by atoms with van der Waals surface area (Å²) in [5.74, 6) is 0.179. The number of aromatic nitrogens is 2. The van der Waals surface area contributed by atoms with Gasteiger partial charge in [0.25, 0.3) is 0 Å². The number of benzene rings is 2. The third-order valence-electron chi connectivity index (χ3n) is 4.93. The zero-order valence-electron chi connectivity index (χ0n) is 15.3. The number of nitrogens with one attached hydrogen (secondary N) is 1. The van der Waals surface area contributed by atoms with Gasteiger partial charge in [-0.2, -0.15) is 4.37 Å². The Morgan fingerprint density at radius 2 is 1.82 bits per heavy atom. The van der Waals surface area contributed by atoms with Gasteiger partial charge in [-0.1, -0.05) is 42.5 Å². The molecule has 1 aliphatic heterocycles. The van der Waals surface area contributed by atoms with E-state index in [0.717, 1.165) is 30.5 Å². The first-order chi connectivity index (χ1) is 13.7. The van der Waals surface area contributed by atoms with E-state index in [4.69, 9.17) is 0 Å². The lowest BCUT2D eigenvalue weighted by atomic mass is 9.96. The zero-order chi connectivity index (χ0) is 19.3. The number of hydrogen-bond acceptors (Lipinski definition) is 5. The van der Waals surface area contributed by atoms with E-state index < -0.39 is 5.82 Å². The second kappa shape index (κ2) is 8.48. The Labute approximate surface area is 167 Å². The monoisotopic (exact) mass is 396 g/mol. The van der Waals surface area contributed by atoms with E-state index in [9.17, 15) is 9.18 Å². The van der Waals surface area contributed by atoms with Gasteiger partial charge in [0.2, 0.25) is 11.0 Å². The standard InChI is InChI=1S/C21H21FN4OS/c22-17-8-4-5-9-18(17)23-20(27)16-10-12-26(13-11-16)21-24-19(25-28-21)14-15-6-2-1-3-7-15/h1-9,16H,10-14H2,(H,23,27). The lowest BCUT2D eigenvalue weighted by molar-refractivity contribution is -0.120. The molecule has 0 aliphatic carbocycles. The van der Waals surface area contributed by atoms with Gasteiger partial charge in [0.15, 0.2) is 0 Å². The molecule has 2 aromatic carbocycles. The van der Waals surface area contributed by atoms with E-state index in [1.54, 1.807) is 18.2 Å². The van der Waals surface area contributed by atoms with Crippen molar-refractivity contribution in [2.24, 2.45) is 5.92 Å². The van der Waals surface area contributed by atoms with Crippen LogP contribution in [0.2, 0.25) is 0 Å². The summed E-state index contributed by atoms with van der Waals surface area (Å²) < 4.78 is 18.2. The number of halogens is 1. The maximum absolute atomic E-state index is 13.7. The summed E-state index contributed by atoms with van der Waals surface area (Å²) in [6.07, 6.45) is 2.15. The van der Waals surface area contributed by atoms with Gasteiger partial charge in [-0.25, -0.2) is 9.37 Å². The fourth-order valence-electron chi connectivity index (χ4n) is 3.35. The van der Waals surface area contributed by atoms with E-state index in [2.05, 4.69) is 31.7 Å². The van der Waals surface area contributed by atoms with E-state index in [-0.39, 0.29) is 17.5 Å². The minimum Gasteiger partial charge on any atom is -0.347 e. The summed E-state index contributed by atoms with van der Waals surface area (Å²) in [6, 6.07) is 16.4. The Kier molecular flexibility index (Phi) is 5.62. The van der Waals surface area contributed by atoms with Crippen LogP contribution in [0, 0.1) is 11.7 Å². The molecule has 5 nitrogen and oxygen atoms in total. The SMILES string of the molecule is O=C(Nc1ccccc1F)C1CCN(c2nc(Cc3ccccc3)ns2)CC1. The maximum Gasteiger partial charge on any atom is 0.227 e. The summed E-state index contributed by atoms with van der Waals surface area (Å²) in [6.45, 7) is 1.49. The lowest BCUT2D eigenvalue weighted by Gasteiger charge is -2.30.